The molecule has 180 valence electrons. The van der Waals surface area contributed by atoms with Gasteiger partial charge in [0.25, 0.3) is 0 Å². The molecule has 0 bridgehead atoms. The molecule has 0 saturated carbocycles. The Morgan fingerprint density at radius 2 is 1.71 bits per heavy atom. The first-order valence-electron chi connectivity index (χ1n) is 10.8. The monoisotopic (exact) mass is 481 g/mol. The Balaban J connectivity index is 1.35. The molecule has 2 N–H and O–H groups in total. The lowest BCUT2D eigenvalue weighted by Crippen LogP contribution is -2.28. The van der Waals surface area contributed by atoms with Crippen LogP contribution in [0.2, 0.25) is 0 Å². The van der Waals surface area contributed by atoms with E-state index in [0.717, 1.165) is 28.8 Å². The van der Waals surface area contributed by atoms with Crippen molar-refractivity contribution in [1.29, 1.82) is 0 Å². The molecule has 4 rings (SSSR count). The summed E-state index contributed by atoms with van der Waals surface area (Å²) in [4.78, 5) is 16.5. The molecule has 0 radical (unpaired) electrons. The molecule has 0 atom stereocenters. The van der Waals surface area contributed by atoms with Crippen molar-refractivity contribution < 1.29 is 22.7 Å². The summed E-state index contributed by atoms with van der Waals surface area (Å²) in [6.45, 7) is 2.37. The molecule has 0 aliphatic carbocycles. The number of nitrogens with zero attached hydrogens (tertiary/aromatic N) is 3. The van der Waals surface area contributed by atoms with Crippen molar-refractivity contribution in [3.63, 3.8) is 0 Å². The van der Waals surface area contributed by atoms with E-state index in [1.807, 2.05) is 55.5 Å². The highest BCUT2D eigenvalue weighted by Crippen LogP contribution is 2.24. The number of urea groups is 1. The number of aromatic nitrogens is 3. The average molecular weight is 481 g/mol. The van der Waals surface area contributed by atoms with E-state index >= 15 is 0 Å². The van der Waals surface area contributed by atoms with Gasteiger partial charge in [-0.05, 0) is 47.9 Å². The van der Waals surface area contributed by atoms with E-state index in [2.05, 4.69) is 25.5 Å². The van der Waals surface area contributed by atoms with Gasteiger partial charge in [0.2, 0.25) is 0 Å². The Labute approximate surface area is 199 Å². The first kappa shape index (κ1) is 23.8. The molecular weight excluding hydrogens is 459 g/mol. The molecule has 7 nitrogen and oxygen atoms in total. The number of nitrogens with one attached hydrogen (secondary N) is 2. The zero-order valence-corrected chi connectivity index (χ0v) is 18.7. The van der Waals surface area contributed by atoms with Crippen LogP contribution >= 0.6 is 0 Å². The lowest BCUT2D eigenvalue weighted by Gasteiger charge is -2.11. The number of ether oxygens (including phenoxy) is 1. The van der Waals surface area contributed by atoms with Crippen molar-refractivity contribution in [1.82, 2.24) is 20.1 Å². The van der Waals surface area contributed by atoms with Crippen LogP contribution in [0, 0.1) is 0 Å². The van der Waals surface area contributed by atoms with Gasteiger partial charge in [-0.25, -0.2) is 14.5 Å². The predicted molar refractivity (Wildman–Crippen MR) is 125 cm³/mol. The van der Waals surface area contributed by atoms with Gasteiger partial charge < -0.3 is 15.4 Å². The lowest BCUT2D eigenvalue weighted by molar-refractivity contribution is -0.274. The highest BCUT2D eigenvalue weighted by molar-refractivity contribution is 5.90. The molecule has 4 aromatic rings. The van der Waals surface area contributed by atoms with Gasteiger partial charge in [0, 0.05) is 17.8 Å². The zero-order chi connectivity index (χ0) is 24.8. The first-order valence-corrected chi connectivity index (χ1v) is 10.8. The summed E-state index contributed by atoms with van der Waals surface area (Å²) in [6.07, 6.45) is -2.45. The molecule has 10 heteroatoms. The van der Waals surface area contributed by atoms with Crippen molar-refractivity contribution in [2.24, 2.45) is 0 Å². The van der Waals surface area contributed by atoms with Crippen LogP contribution in [-0.2, 0) is 13.0 Å². The maximum absolute atomic E-state index is 12.3. The number of para-hydroxylation sites is 1. The van der Waals surface area contributed by atoms with Crippen LogP contribution in [0.15, 0.2) is 79.1 Å². The number of benzene rings is 3. The summed E-state index contributed by atoms with van der Waals surface area (Å²) in [5.41, 5.74) is 4.03. The highest BCUT2D eigenvalue weighted by atomic mass is 19.4. The van der Waals surface area contributed by atoms with E-state index < -0.39 is 6.36 Å². The summed E-state index contributed by atoms with van der Waals surface area (Å²) in [5, 5.41) is 10.1. The number of rotatable bonds is 7. The fraction of sp³-hybridized carbons (Fsp3) is 0.160. The van der Waals surface area contributed by atoms with E-state index in [1.165, 1.54) is 35.3 Å². The SMILES string of the molecule is CCc1ccccc1NC(=O)NCc1ccc(-c2ncn(-c3ccc(OC(F)(F)F)cc3)n2)cc1. The number of carbonyl (C=O) groups is 1. The smallest absolute Gasteiger partial charge is 0.406 e. The van der Waals surface area contributed by atoms with Gasteiger partial charge >= 0.3 is 12.4 Å². The van der Waals surface area contributed by atoms with E-state index in [-0.39, 0.29) is 11.8 Å². The van der Waals surface area contributed by atoms with Crippen LogP contribution in [0.4, 0.5) is 23.7 Å². The zero-order valence-electron chi connectivity index (χ0n) is 18.7. The second-order valence-corrected chi connectivity index (χ2v) is 7.57. The predicted octanol–water partition coefficient (Wildman–Crippen LogP) is 5.72. The van der Waals surface area contributed by atoms with Gasteiger partial charge in [-0.15, -0.1) is 18.3 Å². The number of alkyl halides is 3. The molecule has 0 fully saturated rings. The van der Waals surface area contributed by atoms with Crippen LogP contribution < -0.4 is 15.4 Å². The number of aryl methyl sites for hydroxylation is 1. The Morgan fingerprint density at radius 3 is 2.40 bits per heavy atom. The number of anilines is 1. The highest BCUT2D eigenvalue weighted by Gasteiger charge is 2.31. The van der Waals surface area contributed by atoms with Gasteiger partial charge in [0.1, 0.15) is 12.1 Å². The molecular formula is C25H22F3N5O2. The minimum absolute atomic E-state index is 0.290. The van der Waals surface area contributed by atoms with E-state index in [9.17, 15) is 18.0 Å². The van der Waals surface area contributed by atoms with Gasteiger partial charge in [-0.2, -0.15) is 0 Å². The van der Waals surface area contributed by atoms with Gasteiger partial charge in [-0.3, -0.25) is 0 Å². The molecule has 0 aliphatic heterocycles. The van der Waals surface area contributed by atoms with E-state index in [0.29, 0.717) is 18.1 Å². The maximum Gasteiger partial charge on any atom is 0.573 e. The molecule has 1 heterocycles. The Morgan fingerprint density at radius 1 is 1.00 bits per heavy atom. The number of carbonyl (C=O) groups excluding carboxylic acids is 1. The third-order valence-corrected chi connectivity index (χ3v) is 5.14. The maximum atomic E-state index is 12.3. The number of hydrogen-bond donors (Lipinski definition) is 2. The summed E-state index contributed by atoms with van der Waals surface area (Å²) in [6, 6.07) is 20.1. The van der Waals surface area contributed by atoms with E-state index in [4.69, 9.17) is 0 Å². The topological polar surface area (TPSA) is 81.1 Å². The Bertz CT molecular complexity index is 1290. The summed E-state index contributed by atoms with van der Waals surface area (Å²) < 4.78 is 42.3. The second kappa shape index (κ2) is 10.3. The van der Waals surface area contributed by atoms with Crippen molar-refractivity contribution >= 4 is 11.7 Å². The number of halogens is 3. The standard InChI is InChI=1S/C25H22F3N5O2/c1-2-18-5-3-4-6-22(18)31-24(34)29-15-17-7-9-19(10-8-17)23-30-16-33(32-23)20-11-13-21(14-12-20)35-25(26,27)28/h3-14,16H,2,15H2,1H3,(H2,29,31,34). The third kappa shape index (κ3) is 6.38. The number of hydrogen-bond acceptors (Lipinski definition) is 4. The largest absolute Gasteiger partial charge is 0.573 e. The normalized spacial score (nSPS) is 11.2. The van der Waals surface area contributed by atoms with Crippen molar-refractivity contribution in [2.75, 3.05) is 5.32 Å². The molecule has 35 heavy (non-hydrogen) atoms. The molecule has 3 aromatic carbocycles. The second-order valence-electron chi connectivity index (χ2n) is 7.57. The molecule has 0 spiro atoms. The van der Waals surface area contributed by atoms with Gasteiger partial charge in [-0.1, -0.05) is 49.4 Å². The van der Waals surface area contributed by atoms with Gasteiger partial charge in [0.05, 0.1) is 5.69 Å². The third-order valence-electron chi connectivity index (χ3n) is 5.14. The van der Waals surface area contributed by atoms with Crippen molar-refractivity contribution in [3.05, 3.63) is 90.3 Å². The quantitative estimate of drug-likeness (QED) is 0.354. The van der Waals surface area contributed by atoms with Crippen molar-refractivity contribution in [2.45, 2.75) is 26.3 Å². The van der Waals surface area contributed by atoms with Crippen LogP contribution in [-0.4, -0.2) is 27.2 Å². The Hall–Kier alpha value is -4.34. The van der Waals surface area contributed by atoms with Crippen LogP contribution in [0.5, 0.6) is 5.75 Å². The molecule has 1 aromatic heterocycles. The minimum Gasteiger partial charge on any atom is -0.406 e. The molecule has 0 aliphatic rings. The summed E-state index contributed by atoms with van der Waals surface area (Å²) in [5.74, 6) is 0.142. The Kier molecular flexibility index (Phi) is 7.00. The molecule has 2 amide bonds. The average Bonchev–Trinajstić information content (AvgIpc) is 3.33. The summed E-state index contributed by atoms with van der Waals surface area (Å²) in [7, 11) is 0. The first-order chi connectivity index (χ1) is 16.8. The van der Waals surface area contributed by atoms with Crippen LogP contribution in [0.3, 0.4) is 0 Å². The number of amides is 2. The fourth-order valence-electron chi connectivity index (χ4n) is 3.39. The van der Waals surface area contributed by atoms with Gasteiger partial charge in [0.15, 0.2) is 5.82 Å². The van der Waals surface area contributed by atoms with Crippen LogP contribution in [0.25, 0.3) is 17.1 Å². The van der Waals surface area contributed by atoms with E-state index in [1.54, 1.807) is 0 Å². The van der Waals surface area contributed by atoms with Crippen molar-refractivity contribution in [3.8, 4) is 22.8 Å². The lowest BCUT2D eigenvalue weighted by atomic mass is 10.1. The van der Waals surface area contributed by atoms with Crippen LogP contribution in [0.1, 0.15) is 18.1 Å². The minimum atomic E-state index is -4.74. The fourth-order valence-corrected chi connectivity index (χ4v) is 3.39. The summed E-state index contributed by atoms with van der Waals surface area (Å²) >= 11 is 0. The molecule has 0 saturated heterocycles. The molecule has 0 unspecified atom stereocenters.